The van der Waals surface area contributed by atoms with Crippen LogP contribution in [0.3, 0.4) is 0 Å². The Kier molecular flexibility index (Phi) is 5.47. The molecule has 0 radical (unpaired) electrons. The van der Waals surface area contributed by atoms with Crippen molar-refractivity contribution in [2.75, 3.05) is 11.6 Å². The highest BCUT2D eigenvalue weighted by atomic mass is 32.2. The lowest BCUT2D eigenvalue weighted by atomic mass is 10.0. The minimum Gasteiger partial charge on any atom is -0.352 e. The molecule has 0 aliphatic carbocycles. The summed E-state index contributed by atoms with van der Waals surface area (Å²) < 4.78 is 0. The van der Waals surface area contributed by atoms with E-state index in [1.165, 1.54) is 6.42 Å². The Morgan fingerprint density at radius 2 is 2.20 bits per heavy atom. The molecule has 1 saturated heterocycles. The number of amides is 1. The fourth-order valence-corrected chi connectivity index (χ4v) is 2.50. The third-order valence-electron chi connectivity index (χ3n) is 2.60. The molecule has 0 aromatic carbocycles. The molecule has 3 nitrogen and oxygen atoms in total. The molecular weight excluding hydrogens is 208 g/mol. The zero-order valence-corrected chi connectivity index (χ0v) is 10.7. The van der Waals surface area contributed by atoms with Crippen LogP contribution in [-0.4, -0.2) is 29.6 Å². The molecule has 2 N–H and O–H groups in total. The SMILES string of the molecule is CC(C)CC[C@H](C)NC(=O)[C@H]1CSCN1. The first-order chi connectivity index (χ1) is 7.09. The molecule has 2 atom stereocenters. The average molecular weight is 230 g/mol. The summed E-state index contributed by atoms with van der Waals surface area (Å²) in [4.78, 5) is 11.7. The second-order valence-electron chi connectivity index (χ2n) is 4.65. The lowest BCUT2D eigenvalue weighted by molar-refractivity contribution is -0.123. The minimum absolute atomic E-state index is 0.0245. The zero-order valence-electron chi connectivity index (χ0n) is 9.88. The van der Waals surface area contributed by atoms with Crippen LogP contribution in [-0.2, 0) is 4.79 Å². The Bertz CT molecular complexity index is 203. The number of rotatable bonds is 5. The maximum Gasteiger partial charge on any atom is 0.238 e. The van der Waals surface area contributed by atoms with E-state index in [2.05, 4.69) is 31.4 Å². The van der Waals surface area contributed by atoms with Gasteiger partial charge in [-0.1, -0.05) is 13.8 Å². The van der Waals surface area contributed by atoms with E-state index in [0.29, 0.717) is 12.0 Å². The van der Waals surface area contributed by atoms with Gasteiger partial charge in [-0.2, -0.15) is 0 Å². The summed E-state index contributed by atoms with van der Waals surface area (Å²) in [5.41, 5.74) is 0. The van der Waals surface area contributed by atoms with Gasteiger partial charge in [0.05, 0.1) is 6.04 Å². The lowest BCUT2D eigenvalue weighted by Gasteiger charge is -2.17. The molecule has 0 unspecified atom stereocenters. The topological polar surface area (TPSA) is 41.1 Å². The molecule has 1 amide bonds. The van der Waals surface area contributed by atoms with Gasteiger partial charge in [0.25, 0.3) is 0 Å². The summed E-state index contributed by atoms with van der Waals surface area (Å²) in [7, 11) is 0. The van der Waals surface area contributed by atoms with E-state index in [1.54, 1.807) is 11.8 Å². The highest BCUT2D eigenvalue weighted by Gasteiger charge is 2.23. The Morgan fingerprint density at radius 3 is 2.73 bits per heavy atom. The fraction of sp³-hybridized carbons (Fsp3) is 0.909. The molecule has 1 aliphatic heterocycles. The summed E-state index contributed by atoms with van der Waals surface area (Å²) in [5.74, 6) is 2.68. The molecule has 0 aromatic rings. The van der Waals surface area contributed by atoms with Crippen molar-refractivity contribution in [1.29, 1.82) is 0 Å². The molecule has 1 heterocycles. The molecule has 0 saturated carbocycles. The second-order valence-corrected chi connectivity index (χ2v) is 5.68. The van der Waals surface area contributed by atoms with Gasteiger partial charge in [0.15, 0.2) is 0 Å². The van der Waals surface area contributed by atoms with Gasteiger partial charge in [-0.25, -0.2) is 0 Å². The molecule has 88 valence electrons. The number of hydrogen-bond acceptors (Lipinski definition) is 3. The highest BCUT2D eigenvalue weighted by Crippen LogP contribution is 2.11. The van der Waals surface area contributed by atoms with Crippen LogP contribution in [0.25, 0.3) is 0 Å². The van der Waals surface area contributed by atoms with E-state index in [-0.39, 0.29) is 11.9 Å². The van der Waals surface area contributed by atoms with E-state index in [4.69, 9.17) is 0 Å². The zero-order chi connectivity index (χ0) is 11.3. The molecule has 0 spiro atoms. The van der Waals surface area contributed by atoms with Crippen molar-refractivity contribution in [1.82, 2.24) is 10.6 Å². The molecule has 0 bridgehead atoms. The average Bonchev–Trinajstić information content (AvgIpc) is 2.67. The fourth-order valence-electron chi connectivity index (χ4n) is 1.56. The van der Waals surface area contributed by atoms with Crippen molar-refractivity contribution in [3.8, 4) is 0 Å². The smallest absolute Gasteiger partial charge is 0.238 e. The van der Waals surface area contributed by atoms with Crippen LogP contribution in [0, 0.1) is 5.92 Å². The molecule has 1 fully saturated rings. The van der Waals surface area contributed by atoms with E-state index in [9.17, 15) is 4.79 Å². The molecular formula is C11H22N2OS. The minimum atomic E-state index is 0.0245. The second kappa shape index (κ2) is 6.38. The van der Waals surface area contributed by atoms with Crippen LogP contribution in [0.5, 0.6) is 0 Å². The van der Waals surface area contributed by atoms with Gasteiger partial charge in [0.2, 0.25) is 5.91 Å². The third-order valence-corrected chi connectivity index (χ3v) is 3.54. The van der Waals surface area contributed by atoms with E-state index >= 15 is 0 Å². The highest BCUT2D eigenvalue weighted by molar-refractivity contribution is 7.99. The number of nitrogens with one attached hydrogen (secondary N) is 2. The van der Waals surface area contributed by atoms with Gasteiger partial charge in [0, 0.05) is 17.7 Å². The van der Waals surface area contributed by atoms with Gasteiger partial charge < -0.3 is 5.32 Å². The normalized spacial score (nSPS) is 23.1. The van der Waals surface area contributed by atoms with Crippen LogP contribution >= 0.6 is 11.8 Å². The van der Waals surface area contributed by atoms with Crippen LogP contribution in [0.1, 0.15) is 33.6 Å². The van der Waals surface area contributed by atoms with Crippen molar-refractivity contribution < 1.29 is 4.79 Å². The number of hydrogen-bond donors (Lipinski definition) is 2. The van der Waals surface area contributed by atoms with Crippen LogP contribution < -0.4 is 10.6 Å². The van der Waals surface area contributed by atoms with Gasteiger partial charge in [-0.3, -0.25) is 10.1 Å². The van der Waals surface area contributed by atoms with Crippen LogP contribution in [0.2, 0.25) is 0 Å². The Hall–Kier alpha value is -0.220. The number of carbonyl (C=O) groups is 1. The van der Waals surface area contributed by atoms with Gasteiger partial charge >= 0.3 is 0 Å². The van der Waals surface area contributed by atoms with Crippen LogP contribution in [0.15, 0.2) is 0 Å². The first kappa shape index (κ1) is 12.8. The summed E-state index contributed by atoms with van der Waals surface area (Å²) in [5, 5.41) is 6.24. The summed E-state index contributed by atoms with van der Waals surface area (Å²) in [6.45, 7) is 6.51. The van der Waals surface area contributed by atoms with E-state index in [1.807, 2.05) is 0 Å². The van der Waals surface area contributed by atoms with Gasteiger partial charge in [-0.15, -0.1) is 11.8 Å². The maximum absolute atomic E-state index is 11.7. The third kappa shape index (κ3) is 4.89. The number of thioether (sulfide) groups is 1. The molecule has 4 heteroatoms. The van der Waals surface area contributed by atoms with Crippen molar-refractivity contribution >= 4 is 17.7 Å². The standard InChI is InChI=1S/C11H22N2OS/c1-8(2)4-5-9(3)13-11(14)10-6-15-7-12-10/h8-10,12H,4-7H2,1-3H3,(H,13,14)/t9-,10+/m0/s1. The largest absolute Gasteiger partial charge is 0.352 e. The molecule has 1 rings (SSSR count). The molecule has 1 aliphatic rings. The Morgan fingerprint density at radius 1 is 1.47 bits per heavy atom. The van der Waals surface area contributed by atoms with Crippen molar-refractivity contribution in [3.63, 3.8) is 0 Å². The van der Waals surface area contributed by atoms with Crippen molar-refractivity contribution in [2.24, 2.45) is 5.92 Å². The van der Waals surface area contributed by atoms with Gasteiger partial charge in [0.1, 0.15) is 0 Å². The predicted molar refractivity (Wildman–Crippen MR) is 65.9 cm³/mol. The first-order valence-corrected chi connectivity index (χ1v) is 6.86. The quantitative estimate of drug-likeness (QED) is 0.753. The number of carbonyl (C=O) groups excluding carboxylic acids is 1. The van der Waals surface area contributed by atoms with Gasteiger partial charge in [-0.05, 0) is 25.7 Å². The van der Waals surface area contributed by atoms with E-state index in [0.717, 1.165) is 18.1 Å². The summed E-state index contributed by atoms with van der Waals surface area (Å²) >= 11 is 1.78. The maximum atomic E-state index is 11.7. The predicted octanol–water partition coefficient (Wildman–Crippen LogP) is 1.59. The van der Waals surface area contributed by atoms with Crippen LogP contribution in [0.4, 0.5) is 0 Å². The van der Waals surface area contributed by atoms with Crippen molar-refractivity contribution in [2.45, 2.75) is 45.7 Å². The summed E-state index contributed by atoms with van der Waals surface area (Å²) in [6, 6.07) is 0.323. The summed E-state index contributed by atoms with van der Waals surface area (Å²) in [6.07, 6.45) is 2.25. The monoisotopic (exact) mass is 230 g/mol. The van der Waals surface area contributed by atoms with Crippen molar-refractivity contribution in [3.05, 3.63) is 0 Å². The Balaban J connectivity index is 2.18. The molecule has 0 aromatic heterocycles. The lowest BCUT2D eigenvalue weighted by Crippen LogP contribution is -2.45. The Labute approximate surface area is 96.8 Å². The van der Waals surface area contributed by atoms with E-state index < -0.39 is 0 Å². The first-order valence-electron chi connectivity index (χ1n) is 5.71. The molecule has 15 heavy (non-hydrogen) atoms.